The fraction of sp³-hybridized carbons (Fsp3) is 0.400. The first-order valence-electron chi connectivity index (χ1n) is 4.36. The molecule has 0 aliphatic rings. The van der Waals surface area contributed by atoms with Crippen molar-refractivity contribution >= 4 is 10.4 Å². The molecule has 0 atom stereocenters. The fourth-order valence-electron chi connectivity index (χ4n) is 1.09. The van der Waals surface area contributed by atoms with Crippen LogP contribution < -0.4 is 0 Å². The summed E-state index contributed by atoms with van der Waals surface area (Å²) in [5.41, 5.74) is 5.64. The summed E-state index contributed by atoms with van der Waals surface area (Å²) < 4.78 is 31.6. The summed E-state index contributed by atoms with van der Waals surface area (Å²) in [7, 11) is -4.67. The van der Waals surface area contributed by atoms with E-state index in [1.54, 1.807) is 0 Å². The van der Waals surface area contributed by atoms with Crippen LogP contribution in [0.15, 0.2) is 12.1 Å². The molecule has 0 heterocycles. The second-order valence-corrected chi connectivity index (χ2v) is 4.29. The Balaban J connectivity index is 0.000000336. The first-order valence-corrected chi connectivity index (χ1v) is 5.76. The average molecular weight is 232 g/mol. The second kappa shape index (κ2) is 5.25. The van der Waals surface area contributed by atoms with Crippen molar-refractivity contribution < 1.29 is 17.5 Å². The summed E-state index contributed by atoms with van der Waals surface area (Å²) in [5, 5.41) is 0. The van der Waals surface area contributed by atoms with Crippen LogP contribution in [0.2, 0.25) is 0 Å². The lowest BCUT2D eigenvalue weighted by Gasteiger charge is -2.06. The average Bonchev–Trinajstić information content (AvgIpc) is 2.05. The first-order chi connectivity index (χ1) is 6.63. The van der Waals surface area contributed by atoms with Crippen LogP contribution in [0.5, 0.6) is 0 Å². The summed E-state index contributed by atoms with van der Waals surface area (Å²) in [6.07, 6.45) is 0. The zero-order chi connectivity index (χ0) is 12.2. The van der Waals surface area contributed by atoms with Crippen molar-refractivity contribution in [3.8, 4) is 0 Å². The molecule has 0 aromatic heterocycles. The highest BCUT2D eigenvalue weighted by Gasteiger charge is 1.97. The molecule has 0 aliphatic heterocycles. The van der Waals surface area contributed by atoms with Gasteiger partial charge in [-0.2, -0.15) is 8.42 Å². The monoisotopic (exact) mass is 232 g/mol. The molecule has 1 rings (SSSR count). The number of benzene rings is 1. The van der Waals surface area contributed by atoms with E-state index in [0.29, 0.717) is 0 Å². The van der Waals surface area contributed by atoms with Gasteiger partial charge in [-0.05, 0) is 49.9 Å². The molecule has 4 nitrogen and oxygen atoms in total. The van der Waals surface area contributed by atoms with E-state index in [1.165, 1.54) is 22.3 Å². The Morgan fingerprint density at radius 2 is 1.07 bits per heavy atom. The number of hydrogen-bond acceptors (Lipinski definition) is 2. The highest BCUT2D eigenvalue weighted by atomic mass is 32.3. The lowest BCUT2D eigenvalue weighted by Crippen LogP contribution is -1.89. The molecular formula is C10H16O4S. The maximum absolute atomic E-state index is 8.74. The molecule has 0 unspecified atom stereocenters. The minimum Gasteiger partial charge on any atom is -0.264 e. The van der Waals surface area contributed by atoms with Gasteiger partial charge in [-0.15, -0.1) is 0 Å². The van der Waals surface area contributed by atoms with E-state index in [-0.39, 0.29) is 0 Å². The van der Waals surface area contributed by atoms with E-state index >= 15 is 0 Å². The van der Waals surface area contributed by atoms with Gasteiger partial charge in [0.15, 0.2) is 0 Å². The predicted octanol–water partition coefficient (Wildman–Crippen LogP) is 2.27. The molecule has 0 saturated heterocycles. The molecule has 1 aromatic carbocycles. The Hall–Kier alpha value is -0.910. The Kier molecular flexibility index (Phi) is 4.93. The zero-order valence-corrected chi connectivity index (χ0v) is 10.1. The van der Waals surface area contributed by atoms with Crippen LogP contribution in [0.4, 0.5) is 0 Å². The Bertz CT molecular complexity index is 400. The van der Waals surface area contributed by atoms with Crippen molar-refractivity contribution in [2.24, 2.45) is 0 Å². The van der Waals surface area contributed by atoms with E-state index in [4.69, 9.17) is 17.5 Å². The van der Waals surface area contributed by atoms with Gasteiger partial charge in [0, 0.05) is 0 Å². The fourth-order valence-corrected chi connectivity index (χ4v) is 1.09. The van der Waals surface area contributed by atoms with Gasteiger partial charge in [0.2, 0.25) is 0 Å². The van der Waals surface area contributed by atoms with E-state index in [2.05, 4.69) is 39.8 Å². The van der Waals surface area contributed by atoms with Crippen LogP contribution in [0.3, 0.4) is 0 Å². The van der Waals surface area contributed by atoms with E-state index in [0.717, 1.165) is 0 Å². The Morgan fingerprint density at radius 3 is 1.27 bits per heavy atom. The Morgan fingerprint density at radius 1 is 0.867 bits per heavy atom. The van der Waals surface area contributed by atoms with E-state index in [1.807, 2.05) is 0 Å². The van der Waals surface area contributed by atoms with Crippen molar-refractivity contribution in [2.75, 3.05) is 0 Å². The minimum absolute atomic E-state index is 1.39. The molecule has 0 aliphatic carbocycles. The van der Waals surface area contributed by atoms with Gasteiger partial charge in [-0.25, -0.2) is 0 Å². The summed E-state index contributed by atoms with van der Waals surface area (Å²) in [5.74, 6) is 0. The summed E-state index contributed by atoms with van der Waals surface area (Å²) in [6, 6.07) is 4.36. The Labute approximate surface area is 90.5 Å². The van der Waals surface area contributed by atoms with Gasteiger partial charge < -0.3 is 0 Å². The topological polar surface area (TPSA) is 74.6 Å². The molecule has 0 fully saturated rings. The van der Waals surface area contributed by atoms with Crippen LogP contribution in [0, 0.1) is 27.7 Å². The number of hydrogen-bond donors (Lipinski definition) is 2. The van der Waals surface area contributed by atoms with Crippen LogP contribution in [-0.4, -0.2) is 17.5 Å². The lowest BCUT2D eigenvalue weighted by molar-refractivity contribution is 0.381. The smallest absolute Gasteiger partial charge is 0.264 e. The standard InChI is InChI=1S/C10H14.H2O4S/c1-7-5-6-8(2)10(4)9(7)3;1-5(2,3)4/h5-6H,1-4H3;(H2,1,2,3,4). The molecule has 86 valence electrons. The quantitative estimate of drug-likeness (QED) is 0.673. The minimum atomic E-state index is -4.67. The molecule has 0 spiro atoms. The summed E-state index contributed by atoms with van der Waals surface area (Å²) >= 11 is 0. The maximum Gasteiger partial charge on any atom is 0.394 e. The zero-order valence-electron chi connectivity index (χ0n) is 9.27. The molecule has 0 saturated carbocycles. The van der Waals surface area contributed by atoms with Gasteiger partial charge >= 0.3 is 10.4 Å². The van der Waals surface area contributed by atoms with Crippen molar-refractivity contribution in [1.82, 2.24) is 0 Å². The van der Waals surface area contributed by atoms with Crippen molar-refractivity contribution in [3.63, 3.8) is 0 Å². The molecule has 0 amide bonds. The summed E-state index contributed by atoms with van der Waals surface area (Å²) in [4.78, 5) is 0. The normalized spacial score (nSPS) is 10.5. The van der Waals surface area contributed by atoms with Gasteiger partial charge in [0.05, 0.1) is 0 Å². The summed E-state index contributed by atoms with van der Waals surface area (Å²) in [6.45, 7) is 8.67. The SMILES string of the molecule is Cc1ccc(C)c(C)c1C.O=S(=O)(O)O. The third kappa shape index (κ3) is 6.22. The molecule has 1 aromatic rings. The third-order valence-corrected chi connectivity index (χ3v) is 2.33. The van der Waals surface area contributed by atoms with E-state index < -0.39 is 10.4 Å². The van der Waals surface area contributed by atoms with Crippen molar-refractivity contribution in [1.29, 1.82) is 0 Å². The van der Waals surface area contributed by atoms with Gasteiger partial charge in [-0.3, -0.25) is 9.11 Å². The van der Waals surface area contributed by atoms with Crippen LogP contribution in [0.1, 0.15) is 22.3 Å². The third-order valence-electron chi connectivity index (χ3n) is 2.33. The first kappa shape index (κ1) is 14.1. The van der Waals surface area contributed by atoms with Gasteiger partial charge in [-0.1, -0.05) is 12.1 Å². The highest BCUT2D eigenvalue weighted by Crippen LogP contribution is 2.15. The van der Waals surface area contributed by atoms with Gasteiger partial charge in [0.25, 0.3) is 0 Å². The van der Waals surface area contributed by atoms with Gasteiger partial charge in [0.1, 0.15) is 0 Å². The molecule has 0 radical (unpaired) electrons. The van der Waals surface area contributed by atoms with Crippen molar-refractivity contribution in [2.45, 2.75) is 27.7 Å². The van der Waals surface area contributed by atoms with Crippen LogP contribution in [0.25, 0.3) is 0 Å². The molecule has 5 heteroatoms. The van der Waals surface area contributed by atoms with Crippen LogP contribution >= 0.6 is 0 Å². The van der Waals surface area contributed by atoms with Crippen molar-refractivity contribution in [3.05, 3.63) is 34.4 Å². The second-order valence-electron chi connectivity index (χ2n) is 3.40. The van der Waals surface area contributed by atoms with E-state index in [9.17, 15) is 0 Å². The number of rotatable bonds is 0. The predicted molar refractivity (Wildman–Crippen MR) is 59.6 cm³/mol. The number of aryl methyl sites for hydroxylation is 2. The largest absolute Gasteiger partial charge is 0.394 e. The molecular weight excluding hydrogens is 216 g/mol. The molecule has 15 heavy (non-hydrogen) atoms. The van der Waals surface area contributed by atoms with Crippen LogP contribution in [-0.2, 0) is 10.4 Å². The lowest BCUT2D eigenvalue weighted by atomic mass is 10.0. The highest BCUT2D eigenvalue weighted by molar-refractivity contribution is 7.79. The molecule has 0 bridgehead atoms. The molecule has 2 N–H and O–H groups in total. The maximum atomic E-state index is 8.74.